The van der Waals surface area contributed by atoms with Gasteiger partial charge in [0.15, 0.2) is 0 Å². The van der Waals surface area contributed by atoms with Crippen LogP contribution in [0.2, 0.25) is 0 Å². The van der Waals surface area contributed by atoms with E-state index < -0.39 is 12.1 Å². The van der Waals surface area contributed by atoms with Gasteiger partial charge in [0.25, 0.3) is 0 Å². The second-order valence-electron chi connectivity index (χ2n) is 4.60. The SMILES string of the molecule is O=C(Nc1ccccc1CNC(=O)C(F)(F)F)C1CC1. The van der Waals surface area contributed by atoms with Crippen molar-refractivity contribution in [2.45, 2.75) is 25.6 Å². The molecule has 0 spiro atoms. The predicted molar refractivity (Wildman–Crippen MR) is 65.7 cm³/mol. The van der Waals surface area contributed by atoms with Crippen LogP contribution in [0, 0.1) is 5.92 Å². The lowest BCUT2D eigenvalue weighted by Gasteiger charge is -2.12. The van der Waals surface area contributed by atoms with E-state index in [0.717, 1.165) is 12.8 Å². The molecule has 1 aliphatic carbocycles. The third-order valence-corrected chi connectivity index (χ3v) is 2.92. The summed E-state index contributed by atoms with van der Waals surface area (Å²) in [5.74, 6) is -2.15. The summed E-state index contributed by atoms with van der Waals surface area (Å²) in [6, 6.07) is 6.44. The molecule has 0 heterocycles. The van der Waals surface area contributed by atoms with Gasteiger partial charge in [0.2, 0.25) is 5.91 Å². The fraction of sp³-hybridized carbons (Fsp3) is 0.385. The molecule has 1 fully saturated rings. The van der Waals surface area contributed by atoms with Crippen LogP contribution in [0.15, 0.2) is 24.3 Å². The molecule has 1 aliphatic rings. The predicted octanol–water partition coefficient (Wildman–Crippen LogP) is 2.21. The number of hydrogen-bond acceptors (Lipinski definition) is 2. The highest BCUT2D eigenvalue weighted by molar-refractivity contribution is 5.94. The van der Waals surface area contributed by atoms with E-state index in [0.29, 0.717) is 11.3 Å². The zero-order valence-corrected chi connectivity index (χ0v) is 10.5. The monoisotopic (exact) mass is 286 g/mol. The van der Waals surface area contributed by atoms with Gasteiger partial charge >= 0.3 is 12.1 Å². The number of benzene rings is 1. The second kappa shape index (κ2) is 5.52. The summed E-state index contributed by atoms with van der Waals surface area (Å²) in [6.45, 7) is -0.292. The minimum absolute atomic E-state index is 0.00665. The van der Waals surface area contributed by atoms with Crippen LogP contribution in [0.1, 0.15) is 18.4 Å². The molecule has 0 aliphatic heterocycles. The average Bonchev–Trinajstić information content (AvgIpc) is 3.20. The van der Waals surface area contributed by atoms with Crippen molar-refractivity contribution in [3.8, 4) is 0 Å². The Labute approximate surface area is 113 Å². The van der Waals surface area contributed by atoms with Crippen molar-refractivity contribution < 1.29 is 22.8 Å². The number of anilines is 1. The van der Waals surface area contributed by atoms with Crippen molar-refractivity contribution >= 4 is 17.5 Å². The standard InChI is InChI=1S/C13H13F3N2O2/c14-13(15,16)12(20)17-7-9-3-1-2-4-10(9)18-11(19)8-5-6-8/h1-4,8H,5-7H2,(H,17,20)(H,18,19). The Morgan fingerprint density at radius 1 is 1.20 bits per heavy atom. The van der Waals surface area contributed by atoms with Crippen molar-refractivity contribution in [2.24, 2.45) is 5.92 Å². The summed E-state index contributed by atoms with van der Waals surface area (Å²) >= 11 is 0. The molecule has 1 saturated carbocycles. The lowest BCUT2D eigenvalue weighted by Crippen LogP contribution is -2.36. The summed E-state index contributed by atoms with van der Waals surface area (Å²) in [7, 11) is 0. The number of amides is 2. The van der Waals surface area contributed by atoms with E-state index in [-0.39, 0.29) is 18.4 Å². The quantitative estimate of drug-likeness (QED) is 0.891. The first-order chi connectivity index (χ1) is 9.38. The van der Waals surface area contributed by atoms with E-state index in [1.165, 1.54) is 0 Å². The molecule has 7 heteroatoms. The molecule has 0 unspecified atom stereocenters. The topological polar surface area (TPSA) is 58.2 Å². The molecular formula is C13H13F3N2O2. The van der Waals surface area contributed by atoms with Gasteiger partial charge in [-0.25, -0.2) is 0 Å². The normalized spacial score (nSPS) is 14.8. The number of alkyl halides is 3. The van der Waals surface area contributed by atoms with Crippen LogP contribution >= 0.6 is 0 Å². The Kier molecular flexibility index (Phi) is 3.96. The minimum Gasteiger partial charge on any atom is -0.344 e. The molecule has 0 bridgehead atoms. The van der Waals surface area contributed by atoms with E-state index in [1.807, 2.05) is 0 Å². The van der Waals surface area contributed by atoms with E-state index in [4.69, 9.17) is 0 Å². The van der Waals surface area contributed by atoms with Crippen molar-refractivity contribution in [2.75, 3.05) is 5.32 Å². The summed E-state index contributed by atoms with van der Waals surface area (Å²) in [5.41, 5.74) is 0.853. The number of carbonyl (C=O) groups excluding carboxylic acids is 2. The van der Waals surface area contributed by atoms with Gasteiger partial charge in [-0.15, -0.1) is 0 Å². The van der Waals surface area contributed by atoms with Crippen LogP contribution in [0.4, 0.5) is 18.9 Å². The van der Waals surface area contributed by atoms with Crippen molar-refractivity contribution in [3.63, 3.8) is 0 Å². The van der Waals surface area contributed by atoms with Gasteiger partial charge in [-0.1, -0.05) is 18.2 Å². The Morgan fingerprint density at radius 2 is 1.85 bits per heavy atom. The first-order valence-electron chi connectivity index (χ1n) is 6.11. The smallest absolute Gasteiger partial charge is 0.344 e. The van der Waals surface area contributed by atoms with Crippen LogP contribution in [-0.2, 0) is 16.1 Å². The Balaban J connectivity index is 2.00. The van der Waals surface area contributed by atoms with Crippen LogP contribution in [0.25, 0.3) is 0 Å². The molecular weight excluding hydrogens is 273 g/mol. The molecule has 20 heavy (non-hydrogen) atoms. The van der Waals surface area contributed by atoms with E-state index in [2.05, 4.69) is 5.32 Å². The van der Waals surface area contributed by atoms with Crippen LogP contribution in [0.3, 0.4) is 0 Å². The fourth-order valence-corrected chi connectivity index (χ4v) is 1.65. The van der Waals surface area contributed by atoms with Crippen LogP contribution in [-0.4, -0.2) is 18.0 Å². The van der Waals surface area contributed by atoms with E-state index in [1.54, 1.807) is 29.6 Å². The number of halogens is 3. The molecule has 2 rings (SSSR count). The van der Waals surface area contributed by atoms with Crippen molar-refractivity contribution in [1.82, 2.24) is 5.32 Å². The number of para-hydroxylation sites is 1. The third kappa shape index (κ3) is 3.72. The molecule has 0 atom stereocenters. The molecule has 0 radical (unpaired) electrons. The van der Waals surface area contributed by atoms with Gasteiger partial charge in [-0.2, -0.15) is 13.2 Å². The first kappa shape index (κ1) is 14.4. The van der Waals surface area contributed by atoms with Gasteiger partial charge in [0, 0.05) is 18.2 Å². The molecule has 2 N–H and O–H groups in total. The highest BCUT2D eigenvalue weighted by Crippen LogP contribution is 2.30. The van der Waals surface area contributed by atoms with Gasteiger partial charge in [-0.05, 0) is 24.5 Å². The van der Waals surface area contributed by atoms with Crippen LogP contribution in [0.5, 0.6) is 0 Å². The highest BCUT2D eigenvalue weighted by atomic mass is 19.4. The summed E-state index contributed by atoms with van der Waals surface area (Å²) in [4.78, 5) is 22.4. The Morgan fingerprint density at radius 3 is 2.45 bits per heavy atom. The fourth-order valence-electron chi connectivity index (χ4n) is 1.65. The highest BCUT2D eigenvalue weighted by Gasteiger charge is 2.38. The molecule has 1 aromatic carbocycles. The van der Waals surface area contributed by atoms with Gasteiger partial charge in [-0.3, -0.25) is 9.59 Å². The van der Waals surface area contributed by atoms with Gasteiger partial charge < -0.3 is 10.6 Å². The molecule has 4 nitrogen and oxygen atoms in total. The lowest BCUT2D eigenvalue weighted by molar-refractivity contribution is -0.173. The molecule has 0 aromatic heterocycles. The minimum atomic E-state index is -4.91. The molecule has 0 saturated heterocycles. The molecule has 2 amide bonds. The van der Waals surface area contributed by atoms with Crippen molar-refractivity contribution in [1.29, 1.82) is 0 Å². The lowest BCUT2D eigenvalue weighted by atomic mass is 10.1. The number of hydrogen-bond donors (Lipinski definition) is 2. The Bertz CT molecular complexity index is 525. The maximum atomic E-state index is 12.1. The molecule has 108 valence electrons. The third-order valence-electron chi connectivity index (χ3n) is 2.92. The summed E-state index contributed by atoms with van der Waals surface area (Å²) < 4.78 is 36.3. The van der Waals surface area contributed by atoms with E-state index in [9.17, 15) is 22.8 Å². The zero-order chi connectivity index (χ0) is 14.8. The summed E-state index contributed by atoms with van der Waals surface area (Å²) in [5, 5.41) is 4.45. The molecule has 1 aromatic rings. The largest absolute Gasteiger partial charge is 0.471 e. The van der Waals surface area contributed by atoms with Gasteiger partial charge in [0.05, 0.1) is 0 Å². The van der Waals surface area contributed by atoms with Gasteiger partial charge in [0.1, 0.15) is 0 Å². The maximum absolute atomic E-state index is 12.1. The number of carbonyl (C=O) groups is 2. The van der Waals surface area contributed by atoms with Crippen molar-refractivity contribution in [3.05, 3.63) is 29.8 Å². The van der Waals surface area contributed by atoms with E-state index >= 15 is 0 Å². The zero-order valence-electron chi connectivity index (χ0n) is 10.5. The Hall–Kier alpha value is -2.05. The average molecular weight is 286 g/mol. The number of nitrogens with one attached hydrogen (secondary N) is 2. The summed E-state index contributed by atoms with van der Waals surface area (Å²) in [6.07, 6.45) is -3.25. The second-order valence-corrected chi connectivity index (χ2v) is 4.60. The number of rotatable bonds is 4. The van der Waals surface area contributed by atoms with Crippen LogP contribution < -0.4 is 10.6 Å². The first-order valence-corrected chi connectivity index (χ1v) is 6.11. The maximum Gasteiger partial charge on any atom is 0.471 e.